The summed E-state index contributed by atoms with van der Waals surface area (Å²) >= 11 is 0. The number of benzene rings is 2. The number of carbonyl (C=O) groups is 1. The summed E-state index contributed by atoms with van der Waals surface area (Å²) < 4.78 is 47.9. The van der Waals surface area contributed by atoms with Gasteiger partial charge in [0.2, 0.25) is 0 Å². The lowest BCUT2D eigenvalue weighted by atomic mass is 10.0. The molecule has 0 bridgehead atoms. The van der Waals surface area contributed by atoms with Crippen LogP contribution in [0.4, 0.5) is 19.0 Å². The molecule has 0 saturated heterocycles. The molecular formula is C24H21F3N4O4. The van der Waals surface area contributed by atoms with E-state index in [-0.39, 0.29) is 18.0 Å². The number of carboxylic acids is 1. The van der Waals surface area contributed by atoms with Gasteiger partial charge in [0.15, 0.2) is 5.69 Å². The number of ether oxygens (including phenoxy) is 2. The Morgan fingerprint density at radius 2 is 1.91 bits per heavy atom. The Morgan fingerprint density at radius 1 is 1.11 bits per heavy atom. The van der Waals surface area contributed by atoms with E-state index in [1.165, 1.54) is 18.2 Å². The van der Waals surface area contributed by atoms with Crippen molar-refractivity contribution >= 4 is 22.7 Å². The van der Waals surface area contributed by atoms with E-state index in [1.54, 1.807) is 36.2 Å². The van der Waals surface area contributed by atoms with Crippen LogP contribution < -0.4 is 10.1 Å². The second-order valence-corrected chi connectivity index (χ2v) is 7.58. The monoisotopic (exact) mass is 486 g/mol. The molecule has 2 aromatic carbocycles. The lowest BCUT2D eigenvalue weighted by molar-refractivity contribution is -0.274. The minimum absolute atomic E-state index is 0.0408. The second kappa shape index (κ2) is 10.0. The van der Waals surface area contributed by atoms with E-state index in [4.69, 9.17) is 4.74 Å². The highest BCUT2D eigenvalue weighted by Crippen LogP contribution is 2.28. The minimum Gasteiger partial charge on any atom is -0.476 e. The number of aromatic nitrogens is 3. The summed E-state index contributed by atoms with van der Waals surface area (Å²) in [4.78, 5) is 16.0. The molecule has 2 heterocycles. The van der Waals surface area contributed by atoms with E-state index in [0.717, 1.165) is 11.1 Å². The molecule has 11 heteroatoms. The summed E-state index contributed by atoms with van der Waals surface area (Å²) in [5, 5.41) is 17.3. The number of nitrogens with one attached hydrogen (secondary N) is 1. The summed E-state index contributed by atoms with van der Waals surface area (Å²) in [6.07, 6.45) is -3.12. The van der Waals surface area contributed by atoms with Crippen LogP contribution in [0.25, 0.3) is 22.0 Å². The molecule has 4 aromatic rings. The fraction of sp³-hybridized carbons (Fsp3) is 0.208. The fourth-order valence-corrected chi connectivity index (χ4v) is 3.58. The maximum atomic E-state index is 12.4. The number of pyridine rings is 1. The third-order valence-corrected chi connectivity index (χ3v) is 5.16. The van der Waals surface area contributed by atoms with E-state index in [1.807, 2.05) is 18.2 Å². The molecule has 8 nitrogen and oxygen atoms in total. The molecule has 0 atom stereocenters. The van der Waals surface area contributed by atoms with Crippen LogP contribution in [0, 0.1) is 0 Å². The lowest BCUT2D eigenvalue weighted by Gasteiger charge is -2.11. The first-order valence-corrected chi connectivity index (χ1v) is 10.5. The van der Waals surface area contributed by atoms with E-state index >= 15 is 0 Å². The first kappa shape index (κ1) is 24.0. The Hall–Kier alpha value is -4.12. The number of alkyl halides is 3. The van der Waals surface area contributed by atoms with Crippen molar-refractivity contribution in [3.63, 3.8) is 0 Å². The number of fused-ring (bicyclic) bond motifs is 1. The topological polar surface area (TPSA) is 98.5 Å². The van der Waals surface area contributed by atoms with Crippen molar-refractivity contribution in [3.8, 4) is 16.9 Å². The van der Waals surface area contributed by atoms with Crippen LogP contribution >= 0.6 is 0 Å². The van der Waals surface area contributed by atoms with Gasteiger partial charge in [-0.15, -0.1) is 13.2 Å². The molecule has 0 radical (unpaired) electrons. The number of anilines is 1. The Balaban J connectivity index is 1.50. The van der Waals surface area contributed by atoms with Gasteiger partial charge in [-0.3, -0.25) is 4.68 Å². The van der Waals surface area contributed by atoms with Crippen LogP contribution in [0.1, 0.15) is 16.1 Å². The highest BCUT2D eigenvalue weighted by Gasteiger charge is 2.31. The van der Waals surface area contributed by atoms with Gasteiger partial charge >= 0.3 is 12.3 Å². The van der Waals surface area contributed by atoms with Gasteiger partial charge in [0.05, 0.1) is 18.7 Å². The highest BCUT2D eigenvalue weighted by atomic mass is 19.4. The van der Waals surface area contributed by atoms with Crippen molar-refractivity contribution in [2.24, 2.45) is 0 Å². The molecular weight excluding hydrogens is 465 g/mol. The Morgan fingerprint density at radius 3 is 2.60 bits per heavy atom. The lowest BCUT2D eigenvalue weighted by Crippen LogP contribution is -2.17. The van der Waals surface area contributed by atoms with Gasteiger partial charge in [-0.1, -0.05) is 18.2 Å². The summed E-state index contributed by atoms with van der Waals surface area (Å²) in [6, 6.07) is 14.7. The van der Waals surface area contributed by atoms with Gasteiger partial charge in [-0.25, -0.2) is 9.78 Å². The Kier molecular flexibility index (Phi) is 6.87. The molecule has 2 aromatic heterocycles. The summed E-state index contributed by atoms with van der Waals surface area (Å²) in [5.41, 5.74) is 2.77. The van der Waals surface area contributed by atoms with E-state index in [0.29, 0.717) is 35.4 Å². The van der Waals surface area contributed by atoms with Crippen LogP contribution in [0.5, 0.6) is 5.75 Å². The normalized spacial score (nSPS) is 11.5. The van der Waals surface area contributed by atoms with Crippen LogP contribution in [0.15, 0.2) is 60.8 Å². The largest absolute Gasteiger partial charge is 0.573 e. The number of rotatable bonds is 9. The number of hydrogen-bond donors (Lipinski definition) is 2. The number of carboxylic acid groups (broad SMARTS) is 1. The van der Waals surface area contributed by atoms with Gasteiger partial charge in [-0.2, -0.15) is 5.10 Å². The van der Waals surface area contributed by atoms with Crippen molar-refractivity contribution in [1.82, 2.24) is 14.8 Å². The minimum atomic E-state index is -4.75. The molecule has 0 aliphatic rings. The van der Waals surface area contributed by atoms with Crippen LogP contribution in [0.3, 0.4) is 0 Å². The summed E-state index contributed by atoms with van der Waals surface area (Å²) in [5.74, 6) is -0.886. The zero-order valence-corrected chi connectivity index (χ0v) is 18.5. The number of hydrogen-bond acceptors (Lipinski definition) is 6. The molecule has 0 aliphatic carbocycles. The average Bonchev–Trinajstić information content (AvgIpc) is 3.19. The average molecular weight is 486 g/mol. The Labute approximate surface area is 197 Å². The molecule has 4 rings (SSSR count). The van der Waals surface area contributed by atoms with Crippen molar-refractivity contribution in [1.29, 1.82) is 0 Å². The van der Waals surface area contributed by atoms with Crippen molar-refractivity contribution in [2.75, 3.05) is 19.0 Å². The number of nitrogens with zero attached hydrogens (tertiary/aromatic N) is 3. The predicted octanol–water partition coefficient (Wildman–Crippen LogP) is 4.95. The first-order valence-electron chi connectivity index (χ1n) is 10.5. The predicted molar refractivity (Wildman–Crippen MR) is 122 cm³/mol. The van der Waals surface area contributed by atoms with Crippen LogP contribution in [0.2, 0.25) is 0 Å². The van der Waals surface area contributed by atoms with E-state index in [9.17, 15) is 23.1 Å². The summed E-state index contributed by atoms with van der Waals surface area (Å²) in [7, 11) is 1.56. The number of methoxy groups -OCH3 is 1. The quantitative estimate of drug-likeness (QED) is 0.345. The maximum absolute atomic E-state index is 12.4. The molecule has 0 unspecified atom stereocenters. The van der Waals surface area contributed by atoms with Crippen LogP contribution in [-0.4, -0.2) is 45.9 Å². The van der Waals surface area contributed by atoms with E-state index in [2.05, 4.69) is 20.1 Å². The molecule has 182 valence electrons. The maximum Gasteiger partial charge on any atom is 0.573 e. The van der Waals surface area contributed by atoms with Crippen molar-refractivity contribution in [2.45, 2.75) is 19.5 Å². The van der Waals surface area contributed by atoms with Crippen molar-refractivity contribution < 1.29 is 32.5 Å². The third kappa shape index (κ3) is 5.87. The zero-order valence-electron chi connectivity index (χ0n) is 18.5. The van der Waals surface area contributed by atoms with E-state index < -0.39 is 12.3 Å². The molecule has 0 amide bonds. The molecule has 0 saturated carbocycles. The summed E-state index contributed by atoms with van der Waals surface area (Å²) in [6.45, 7) is 1.07. The van der Waals surface area contributed by atoms with Gasteiger partial charge in [-0.05, 0) is 47.5 Å². The molecule has 0 spiro atoms. The van der Waals surface area contributed by atoms with Gasteiger partial charge in [0.25, 0.3) is 0 Å². The first-order chi connectivity index (χ1) is 16.7. The SMILES string of the molecule is COCCn1nc(C(=O)O)c2cc(-c3ccc(NCc4cccc(OC(F)(F)F)c4)nc3)ccc21. The van der Waals surface area contributed by atoms with Crippen molar-refractivity contribution in [3.05, 3.63) is 72.1 Å². The molecule has 35 heavy (non-hydrogen) atoms. The Bertz CT molecular complexity index is 1340. The second-order valence-electron chi connectivity index (χ2n) is 7.58. The number of halogens is 3. The third-order valence-electron chi connectivity index (χ3n) is 5.16. The van der Waals surface area contributed by atoms with Gasteiger partial charge < -0.3 is 19.9 Å². The van der Waals surface area contributed by atoms with Gasteiger partial charge in [0.1, 0.15) is 11.6 Å². The molecule has 2 N–H and O–H groups in total. The number of aromatic carboxylic acids is 1. The fourth-order valence-electron chi connectivity index (χ4n) is 3.58. The molecule has 0 aliphatic heterocycles. The molecule has 0 fully saturated rings. The van der Waals surface area contributed by atoms with Crippen LogP contribution in [-0.2, 0) is 17.8 Å². The zero-order chi connectivity index (χ0) is 25.0. The smallest absolute Gasteiger partial charge is 0.476 e. The highest BCUT2D eigenvalue weighted by molar-refractivity contribution is 6.02. The van der Waals surface area contributed by atoms with Gasteiger partial charge in [0, 0.05) is 30.8 Å². The standard InChI is InChI=1S/C24H21F3N4O4/c1-34-10-9-31-20-7-5-16(12-19(20)22(30-31)23(32)33)17-6-8-21(29-14-17)28-13-15-3-2-4-18(11-15)35-24(25,26)27/h2-8,11-12,14H,9-10,13H2,1H3,(H,28,29)(H,32,33).